The maximum Gasteiger partial charge on any atom is 0.416 e. The van der Waals surface area contributed by atoms with Gasteiger partial charge in [-0.2, -0.15) is 26.3 Å². The minimum absolute atomic E-state index is 0.138. The van der Waals surface area contributed by atoms with E-state index in [1.807, 2.05) is 36.5 Å². The van der Waals surface area contributed by atoms with Gasteiger partial charge in [0.25, 0.3) is 0 Å². The second-order valence-corrected chi connectivity index (χ2v) is 12.9. The fourth-order valence-corrected chi connectivity index (χ4v) is 7.25. The Balaban J connectivity index is 1.04. The second kappa shape index (κ2) is 11.6. The summed E-state index contributed by atoms with van der Waals surface area (Å²) in [4.78, 5) is 5.53. The average Bonchev–Trinajstić information content (AvgIpc) is 3.48. The molecule has 1 nitrogen and oxygen atoms in total. The van der Waals surface area contributed by atoms with Crippen LogP contribution in [-0.4, -0.2) is 4.98 Å². The SMILES string of the molecule is FC(F)(F)c1cc(-c2ccc(-c3ccc4cc(-c5ccc(-c6ccc7sc8ncccc8c7c6)cc5)ccc4c3)cc2)cc(C(F)(F)F)c1. The Morgan fingerprint density at radius 2 is 0.857 bits per heavy atom. The summed E-state index contributed by atoms with van der Waals surface area (Å²) < 4.78 is 81.4. The summed E-state index contributed by atoms with van der Waals surface area (Å²) in [6.07, 6.45) is -7.99. The number of aromatic nitrogens is 1. The lowest BCUT2D eigenvalue weighted by atomic mass is 9.95. The molecule has 0 aliphatic heterocycles. The van der Waals surface area contributed by atoms with Crippen molar-refractivity contribution in [2.45, 2.75) is 12.4 Å². The molecule has 8 heteroatoms. The van der Waals surface area contributed by atoms with Crippen molar-refractivity contribution in [2.24, 2.45) is 0 Å². The van der Waals surface area contributed by atoms with Gasteiger partial charge in [0.05, 0.1) is 11.1 Å². The molecular formula is C41H23F6NS. The molecule has 8 aromatic rings. The Bertz CT molecular complexity index is 2480. The highest BCUT2D eigenvalue weighted by Crippen LogP contribution is 2.40. The molecule has 0 fully saturated rings. The molecule has 0 amide bonds. The molecule has 240 valence electrons. The highest BCUT2D eigenvalue weighted by molar-refractivity contribution is 7.25. The van der Waals surface area contributed by atoms with Crippen LogP contribution in [0.4, 0.5) is 26.3 Å². The van der Waals surface area contributed by atoms with Crippen molar-refractivity contribution in [3.63, 3.8) is 0 Å². The summed E-state index contributed by atoms with van der Waals surface area (Å²) >= 11 is 1.69. The van der Waals surface area contributed by atoms with E-state index >= 15 is 0 Å². The minimum Gasteiger partial charge on any atom is -0.245 e. The van der Waals surface area contributed by atoms with Crippen LogP contribution >= 0.6 is 11.3 Å². The van der Waals surface area contributed by atoms with E-state index in [-0.39, 0.29) is 17.2 Å². The first-order chi connectivity index (χ1) is 23.5. The lowest BCUT2D eigenvalue weighted by Gasteiger charge is -2.14. The zero-order valence-corrected chi connectivity index (χ0v) is 26.2. The molecule has 8 rings (SSSR count). The Labute approximate surface area is 280 Å². The molecule has 0 bridgehead atoms. The van der Waals surface area contributed by atoms with Crippen molar-refractivity contribution in [1.29, 1.82) is 0 Å². The van der Waals surface area contributed by atoms with Crippen molar-refractivity contribution >= 4 is 42.4 Å². The highest BCUT2D eigenvalue weighted by atomic mass is 32.1. The number of alkyl halides is 6. The van der Waals surface area contributed by atoms with Gasteiger partial charge in [-0.05, 0) is 110 Å². The zero-order chi connectivity index (χ0) is 33.9. The molecule has 0 spiro atoms. The van der Waals surface area contributed by atoms with Crippen LogP contribution in [0.3, 0.4) is 0 Å². The van der Waals surface area contributed by atoms with E-state index in [1.54, 1.807) is 35.6 Å². The number of hydrogen-bond acceptors (Lipinski definition) is 2. The molecular weight excluding hydrogens is 653 g/mol. The summed E-state index contributed by atoms with van der Waals surface area (Å²) in [7, 11) is 0. The third kappa shape index (κ3) is 5.93. The molecule has 0 aliphatic rings. The van der Waals surface area contributed by atoms with E-state index in [4.69, 9.17) is 0 Å². The van der Waals surface area contributed by atoms with E-state index in [0.717, 1.165) is 66.5 Å². The molecule has 0 saturated heterocycles. The minimum atomic E-state index is -4.90. The van der Waals surface area contributed by atoms with Gasteiger partial charge in [0.15, 0.2) is 0 Å². The van der Waals surface area contributed by atoms with E-state index in [2.05, 4.69) is 65.6 Å². The van der Waals surface area contributed by atoms with Crippen molar-refractivity contribution < 1.29 is 26.3 Å². The summed E-state index contributed by atoms with van der Waals surface area (Å²) in [5, 5.41) is 4.40. The first-order valence-electron chi connectivity index (χ1n) is 15.3. The van der Waals surface area contributed by atoms with Crippen molar-refractivity contribution in [2.75, 3.05) is 0 Å². The molecule has 0 aliphatic carbocycles. The van der Waals surface area contributed by atoms with Crippen LogP contribution in [0.5, 0.6) is 0 Å². The van der Waals surface area contributed by atoms with E-state index < -0.39 is 23.5 Å². The Morgan fingerprint density at radius 1 is 0.408 bits per heavy atom. The van der Waals surface area contributed by atoms with Gasteiger partial charge in [0, 0.05) is 21.7 Å². The van der Waals surface area contributed by atoms with Crippen molar-refractivity contribution in [3.8, 4) is 44.5 Å². The molecule has 0 atom stereocenters. The quantitative estimate of drug-likeness (QED) is 0.169. The summed E-state index contributed by atoms with van der Waals surface area (Å²) in [6.45, 7) is 0. The number of fused-ring (bicyclic) bond motifs is 4. The van der Waals surface area contributed by atoms with Gasteiger partial charge >= 0.3 is 12.4 Å². The first kappa shape index (κ1) is 30.8. The van der Waals surface area contributed by atoms with E-state index in [1.165, 1.54) is 10.1 Å². The van der Waals surface area contributed by atoms with Crippen LogP contribution < -0.4 is 0 Å². The number of rotatable bonds is 4. The van der Waals surface area contributed by atoms with Gasteiger partial charge < -0.3 is 0 Å². The van der Waals surface area contributed by atoms with E-state index in [9.17, 15) is 26.3 Å². The zero-order valence-electron chi connectivity index (χ0n) is 25.4. The van der Waals surface area contributed by atoms with Crippen LogP contribution in [-0.2, 0) is 12.4 Å². The smallest absolute Gasteiger partial charge is 0.245 e. The monoisotopic (exact) mass is 675 g/mol. The molecule has 6 aromatic carbocycles. The Hall–Kier alpha value is -5.47. The van der Waals surface area contributed by atoms with Crippen LogP contribution in [0.15, 0.2) is 140 Å². The number of pyridine rings is 1. The summed E-state index contributed by atoms with van der Waals surface area (Å²) in [6, 6.07) is 39.4. The summed E-state index contributed by atoms with van der Waals surface area (Å²) in [5.74, 6) is 0. The van der Waals surface area contributed by atoms with Gasteiger partial charge in [-0.15, -0.1) is 11.3 Å². The lowest BCUT2D eigenvalue weighted by Crippen LogP contribution is -2.11. The van der Waals surface area contributed by atoms with Gasteiger partial charge in [0.1, 0.15) is 4.83 Å². The van der Waals surface area contributed by atoms with Gasteiger partial charge in [-0.1, -0.05) is 78.9 Å². The topological polar surface area (TPSA) is 12.9 Å². The standard InChI is InChI=1S/C41H23F6NS/c42-40(43,44)34-20-33(21-35(23-34)41(45,46)47)27-9-7-25(8-10-27)29-12-14-30-18-28(11-13-31(30)19-29)24-3-5-26(6-4-24)32-15-16-38-37(22-32)36-2-1-17-48-39(36)49-38/h1-23H. The Morgan fingerprint density at radius 3 is 1.37 bits per heavy atom. The van der Waals surface area contributed by atoms with Crippen LogP contribution in [0.2, 0.25) is 0 Å². The molecule has 0 unspecified atom stereocenters. The molecule has 0 N–H and O–H groups in total. The molecule has 0 radical (unpaired) electrons. The van der Waals surface area contributed by atoms with Crippen LogP contribution in [0.1, 0.15) is 11.1 Å². The normalized spacial score (nSPS) is 12.3. The maximum atomic E-state index is 13.4. The van der Waals surface area contributed by atoms with Gasteiger partial charge in [0.2, 0.25) is 0 Å². The number of hydrogen-bond donors (Lipinski definition) is 0. The third-order valence-corrected chi connectivity index (χ3v) is 9.87. The fourth-order valence-electron chi connectivity index (χ4n) is 6.23. The predicted molar refractivity (Wildman–Crippen MR) is 186 cm³/mol. The molecule has 49 heavy (non-hydrogen) atoms. The average molecular weight is 676 g/mol. The second-order valence-electron chi connectivity index (χ2n) is 11.9. The Kier molecular flexibility index (Phi) is 7.30. The number of thiophene rings is 1. The molecule has 0 saturated carbocycles. The third-order valence-electron chi connectivity index (χ3n) is 8.78. The van der Waals surface area contributed by atoms with Crippen molar-refractivity contribution in [1.82, 2.24) is 4.98 Å². The molecule has 2 heterocycles. The summed E-state index contributed by atoms with van der Waals surface area (Å²) in [5.41, 5.74) is 3.52. The number of nitrogens with zero attached hydrogens (tertiary/aromatic N) is 1. The molecule has 2 aromatic heterocycles. The van der Waals surface area contributed by atoms with Gasteiger partial charge in [-0.3, -0.25) is 0 Å². The van der Waals surface area contributed by atoms with Crippen molar-refractivity contribution in [3.05, 3.63) is 151 Å². The van der Waals surface area contributed by atoms with Crippen LogP contribution in [0, 0.1) is 0 Å². The maximum absolute atomic E-state index is 13.4. The first-order valence-corrected chi connectivity index (χ1v) is 16.1. The van der Waals surface area contributed by atoms with Crippen LogP contribution in [0.25, 0.3) is 75.6 Å². The van der Waals surface area contributed by atoms with E-state index in [0.29, 0.717) is 0 Å². The fraction of sp³-hybridized carbons (Fsp3) is 0.0488. The lowest BCUT2D eigenvalue weighted by molar-refractivity contribution is -0.143. The number of halogens is 6. The van der Waals surface area contributed by atoms with Gasteiger partial charge in [-0.25, -0.2) is 4.98 Å². The number of benzene rings is 6. The predicted octanol–water partition coefficient (Wildman–Crippen LogP) is 13.3. The largest absolute Gasteiger partial charge is 0.416 e. The highest BCUT2D eigenvalue weighted by Gasteiger charge is 2.37.